The summed E-state index contributed by atoms with van der Waals surface area (Å²) in [5, 5.41) is 21.1. The van der Waals surface area contributed by atoms with Gasteiger partial charge in [-0.3, -0.25) is 5.10 Å². The van der Waals surface area contributed by atoms with Gasteiger partial charge in [0.2, 0.25) is 0 Å². The monoisotopic (exact) mass is 372 g/mol. The number of hydrogen-bond acceptors (Lipinski definition) is 4. The molecule has 2 aromatic heterocycles. The van der Waals surface area contributed by atoms with Crippen molar-refractivity contribution in [2.24, 2.45) is 11.8 Å². The van der Waals surface area contributed by atoms with E-state index in [9.17, 15) is 0 Å². The van der Waals surface area contributed by atoms with Gasteiger partial charge in [0, 0.05) is 17.5 Å². The third kappa shape index (κ3) is 2.71. The third-order valence-electron chi connectivity index (χ3n) is 6.70. The zero-order valence-corrected chi connectivity index (χ0v) is 15.8. The van der Waals surface area contributed by atoms with Crippen molar-refractivity contribution < 1.29 is 0 Å². The highest BCUT2D eigenvalue weighted by Crippen LogP contribution is 2.38. The second-order valence-corrected chi connectivity index (χ2v) is 8.42. The van der Waals surface area contributed by atoms with Crippen molar-refractivity contribution >= 4 is 16.6 Å². The zero-order chi connectivity index (χ0) is 18.5. The standard InChI is InChI=1S/C22H24N6/c1-2-4-20-19(3-1)22(26-24-20)21-13-28(27-25-21)18-9-5-14(6-10-18)15-11-16-7-8-17(12-15)23-16/h1-5,9-10,13-17,23H,6-8,11-12H2,(H,24,26)/t14?,15-,16-,17+. The first-order valence-electron chi connectivity index (χ1n) is 10.3. The first-order valence-corrected chi connectivity index (χ1v) is 10.3. The molecule has 2 N–H and O–H groups in total. The predicted octanol–water partition coefficient (Wildman–Crippen LogP) is 3.77. The molecule has 6 rings (SSSR count). The molecule has 6 nitrogen and oxygen atoms in total. The van der Waals surface area contributed by atoms with E-state index < -0.39 is 0 Å². The predicted molar refractivity (Wildman–Crippen MR) is 109 cm³/mol. The Morgan fingerprint density at radius 2 is 1.93 bits per heavy atom. The Bertz CT molecular complexity index is 1060. The van der Waals surface area contributed by atoms with Crippen molar-refractivity contribution in [2.75, 3.05) is 0 Å². The van der Waals surface area contributed by atoms with Crippen molar-refractivity contribution in [3.8, 4) is 11.4 Å². The molecule has 28 heavy (non-hydrogen) atoms. The molecule has 2 saturated heterocycles. The van der Waals surface area contributed by atoms with Gasteiger partial charge in [-0.15, -0.1) is 5.10 Å². The summed E-state index contributed by atoms with van der Waals surface area (Å²) in [6.07, 6.45) is 15.4. The summed E-state index contributed by atoms with van der Waals surface area (Å²) in [5.41, 5.74) is 3.77. The van der Waals surface area contributed by atoms with E-state index in [1.165, 1.54) is 25.7 Å². The van der Waals surface area contributed by atoms with Crippen LogP contribution in [0.3, 0.4) is 0 Å². The number of aromatic amines is 1. The number of fused-ring (bicyclic) bond motifs is 3. The van der Waals surface area contributed by atoms with Crippen LogP contribution in [0.1, 0.15) is 32.1 Å². The Morgan fingerprint density at radius 3 is 2.75 bits per heavy atom. The lowest BCUT2D eigenvalue weighted by Gasteiger charge is -2.34. The van der Waals surface area contributed by atoms with Crippen LogP contribution in [0.4, 0.5) is 0 Å². The topological polar surface area (TPSA) is 71.4 Å². The Hall–Kier alpha value is -2.73. The van der Waals surface area contributed by atoms with Crippen molar-refractivity contribution in [2.45, 2.75) is 44.2 Å². The fourth-order valence-electron chi connectivity index (χ4n) is 5.25. The van der Waals surface area contributed by atoms with Crippen LogP contribution in [0.15, 0.2) is 48.7 Å². The van der Waals surface area contributed by atoms with Crippen molar-refractivity contribution in [1.82, 2.24) is 30.5 Å². The van der Waals surface area contributed by atoms with Crippen LogP contribution in [0.5, 0.6) is 0 Å². The van der Waals surface area contributed by atoms with E-state index in [0.717, 1.165) is 52.4 Å². The number of benzene rings is 1. The van der Waals surface area contributed by atoms with Gasteiger partial charge < -0.3 is 5.32 Å². The molecule has 142 valence electrons. The molecule has 6 heteroatoms. The maximum atomic E-state index is 4.43. The maximum absolute atomic E-state index is 4.43. The van der Waals surface area contributed by atoms with E-state index in [1.807, 2.05) is 29.1 Å². The molecular formula is C22H24N6. The van der Waals surface area contributed by atoms with Gasteiger partial charge in [0.25, 0.3) is 0 Å². The average molecular weight is 372 g/mol. The van der Waals surface area contributed by atoms with E-state index in [-0.39, 0.29) is 0 Å². The van der Waals surface area contributed by atoms with Crippen LogP contribution < -0.4 is 5.32 Å². The van der Waals surface area contributed by atoms with Crippen LogP contribution in [-0.2, 0) is 0 Å². The minimum Gasteiger partial charge on any atom is -0.311 e. The molecule has 0 amide bonds. The van der Waals surface area contributed by atoms with Crippen molar-refractivity contribution in [3.63, 3.8) is 0 Å². The second kappa shape index (κ2) is 6.41. The number of allylic oxidation sites excluding steroid dienone is 4. The molecule has 0 saturated carbocycles. The highest BCUT2D eigenvalue weighted by molar-refractivity contribution is 5.91. The number of para-hydroxylation sites is 1. The van der Waals surface area contributed by atoms with Crippen LogP contribution >= 0.6 is 0 Å². The summed E-state index contributed by atoms with van der Waals surface area (Å²) >= 11 is 0. The number of H-pyrrole nitrogens is 1. The lowest BCUT2D eigenvalue weighted by molar-refractivity contribution is 0.245. The van der Waals surface area contributed by atoms with Crippen molar-refractivity contribution in [3.05, 3.63) is 48.7 Å². The van der Waals surface area contributed by atoms with Crippen molar-refractivity contribution in [1.29, 1.82) is 0 Å². The first kappa shape index (κ1) is 16.2. The van der Waals surface area contributed by atoms with Crippen LogP contribution in [0.2, 0.25) is 0 Å². The fraction of sp³-hybridized carbons (Fsp3) is 0.409. The summed E-state index contributed by atoms with van der Waals surface area (Å²) < 4.78 is 1.87. The van der Waals surface area contributed by atoms with Gasteiger partial charge >= 0.3 is 0 Å². The van der Waals surface area contributed by atoms with Gasteiger partial charge in [0.15, 0.2) is 0 Å². The minimum absolute atomic E-state index is 0.659. The minimum atomic E-state index is 0.659. The molecule has 4 atom stereocenters. The summed E-state index contributed by atoms with van der Waals surface area (Å²) in [6.45, 7) is 0. The number of nitrogens with one attached hydrogen (secondary N) is 2. The summed E-state index contributed by atoms with van der Waals surface area (Å²) in [7, 11) is 0. The third-order valence-corrected chi connectivity index (χ3v) is 6.70. The largest absolute Gasteiger partial charge is 0.311 e. The molecule has 3 aromatic rings. The fourth-order valence-corrected chi connectivity index (χ4v) is 5.25. The summed E-state index contributed by atoms with van der Waals surface area (Å²) in [6, 6.07) is 9.61. The van der Waals surface area contributed by atoms with E-state index >= 15 is 0 Å². The number of hydrogen-bond donors (Lipinski definition) is 2. The van der Waals surface area contributed by atoms with E-state index in [4.69, 9.17) is 0 Å². The van der Waals surface area contributed by atoms with Gasteiger partial charge in [-0.1, -0.05) is 35.6 Å². The highest BCUT2D eigenvalue weighted by atomic mass is 15.4. The number of piperidine rings is 1. The maximum Gasteiger partial charge on any atom is 0.134 e. The molecule has 1 aromatic carbocycles. The van der Waals surface area contributed by atoms with E-state index in [0.29, 0.717) is 5.92 Å². The highest BCUT2D eigenvalue weighted by Gasteiger charge is 2.36. The Labute approximate surface area is 163 Å². The SMILES string of the molecule is C1=CC([C@@H]2C[C@H]3CC[C@@H](C2)N3)CC=C1n1cc(-c2n[nH]c3ccccc23)nn1. The zero-order valence-electron chi connectivity index (χ0n) is 15.8. The second-order valence-electron chi connectivity index (χ2n) is 8.42. The van der Waals surface area contributed by atoms with Gasteiger partial charge in [0.05, 0.1) is 17.4 Å². The Morgan fingerprint density at radius 1 is 1.07 bits per heavy atom. The number of aromatic nitrogens is 5. The first-order chi connectivity index (χ1) is 13.8. The molecule has 2 aliphatic heterocycles. The average Bonchev–Trinajstić information content (AvgIpc) is 3.46. The quantitative estimate of drug-likeness (QED) is 0.734. The molecule has 3 aliphatic rings. The smallest absolute Gasteiger partial charge is 0.134 e. The molecule has 0 radical (unpaired) electrons. The number of rotatable bonds is 3. The molecule has 0 spiro atoms. The van der Waals surface area contributed by atoms with Crippen LogP contribution in [0.25, 0.3) is 28.0 Å². The molecular weight excluding hydrogens is 348 g/mol. The molecule has 1 aliphatic carbocycles. The van der Waals surface area contributed by atoms with Gasteiger partial charge in [0.1, 0.15) is 11.4 Å². The van der Waals surface area contributed by atoms with Gasteiger partial charge in [-0.2, -0.15) is 5.10 Å². The Balaban J connectivity index is 1.20. The number of nitrogens with zero attached hydrogens (tertiary/aromatic N) is 4. The summed E-state index contributed by atoms with van der Waals surface area (Å²) in [5.74, 6) is 1.47. The lowest BCUT2D eigenvalue weighted by Crippen LogP contribution is -2.40. The molecule has 1 unspecified atom stereocenters. The molecule has 2 fully saturated rings. The molecule has 4 heterocycles. The summed E-state index contributed by atoms with van der Waals surface area (Å²) in [4.78, 5) is 0. The van der Waals surface area contributed by atoms with E-state index in [2.05, 4.69) is 50.1 Å². The molecule has 2 bridgehead atoms. The normalized spacial score (nSPS) is 29.4. The van der Waals surface area contributed by atoms with Crippen LogP contribution in [0, 0.1) is 11.8 Å². The van der Waals surface area contributed by atoms with E-state index in [1.54, 1.807) is 0 Å². The van der Waals surface area contributed by atoms with Gasteiger partial charge in [-0.25, -0.2) is 4.68 Å². The Kier molecular flexibility index (Phi) is 3.72. The lowest BCUT2D eigenvalue weighted by atomic mass is 9.78. The van der Waals surface area contributed by atoms with Crippen LogP contribution in [-0.4, -0.2) is 37.3 Å². The van der Waals surface area contributed by atoms with Gasteiger partial charge in [-0.05, 0) is 56.1 Å².